The number of sulfonamides is 1. The van der Waals surface area contributed by atoms with Crippen LogP contribution in [0, 0.1) is 9.39 Å². The minimum atomic E-state index is -3.85. The molecular formula is C27H33FIN7O2S. The van der Waals surface area contributed by atoms with Gasteiger partial charge in [0.15, 0.2) is 5.82 Å². The Morgan fingerprint density at radius 3 is 2.41 bits per heavy atom. The standard InChI is InChI=1S/C27H33FIN7O2S/c1-33-13-15-35(16-14-33)19-20-5-8-22(9-6-20)31-27-30-18-23(29)26(32-27)34(2)24-10-7-21(28)17-25(24)39(37,38)36-11-3-4-12-36/h5-10,17-18H,3-4,11-16,19H2,1-2H3,(H,30,31,32). The van der Waals surface area contributed by atoms with Gasteiger partial charge in [-0.2, -0.15) is 9.29 Å². The number of piperazine rings is 1. The Hall–Kier alpha value is -2.39. The van der Waals surface area contributed by atoms with Crippen molar-refractivity contribution in [1.29, 1.82) is 0 Å². The first-order valence-corrected chi connectivity index (χ1v) is 15.6. The average molecular weight is 666 g/mol. The summed E-state index contributed by atoms with van der Waals surface area (Å²) in [5, 5.41) is 3.25. The summed E-state index contributed by atoms with van der Waals surface area (Å²) >= 11 is 2.12. The molecule has 0 radical (unpaired) electrons. The number of nitrogens with one attached hydrogen (secondary N) is 1. The van der Waals surface area contributed by atoms with E-state index in [9.17, 15) is 12.8 Å². The van der Waals surface area contributed by atoms with E-state index in [0.717, 1.165) is 60.9 Å². The number of nitrogens with zero attached hydrogens (tertiary/aromatic N) is 6. The molecule has 0 spiro atoms. The third kappa shape index (κ3) is 6.51. The van der Waals surface area contributed by atoms with Gasteiger partial charge in [0.1, 0.15) is 10.7 Å². The molecule has 39 heavy (non-hydrogen) atoms. The summed E-state index contributed by atoms with van der Waals surface area (Å²) in [6, 6.07) is 12.1. The van der Waals surface area contributed by atoms with E-state index in [1.54, 1.807) is 18.1 Å². The van der Waals surface area contributed by atoms with Crippen molar-refractivity contribution in [2.75, 3.05) is 63.6 Å². The first-order chi connectivity index (χ1) is 18.7. The lowest BCUT2D eigenvalue weighted by molar-refractivity contribution is 0.148. The summed E-state index contributed by atoms with van der Waals surface area (Å²) in [4.78, 5) is 15.5. The molecule has 1 N–H and O–H groups in total. The topological polar surface area (TPSA) is 84.9 Å². The highest BCUT2D eigenvalue weighted by molar-refractivity contribution is 14.1. The third-order valence-electron chi connectivity index (χ3n) is 7.22. The number of benzene rings is 2. The van der Waals surface area contributed by atoms with E-state index < -0.39 is 15.8 Å². The molecule has 0 saturated carbocycles. The molecule has 2 aliphatic heterocycles. The molecule has 3 heterocycles. The fourth-order valence-electron chi connectivity index (χ4n) is 4.89. The number of hydrogen-bond donors (Lipinski definition) is 1. The Bertz CT molecular complexity index is 1410. The first-order valence-electron chi connectivity index (χ1n) is 13.0. The molecule has 0 unspecified atom stereocenters. The van der Waals surface area contributed by atoms with Crippen LogP contribution in [-0.4, -0.2) is 85.9 Å². The summed E-state index contributed by atoms with van der Waals surface area (Å²) in [5.41, 5.74) is 2.46. The van der Waals surface area contributed by atoms with Gasteiger partial charge in [-0.15, -0.1) is 0 Å². The van der Waals surface area contributed by atoms with E-state index >= 15 is 0 Å². The van der Waals surface area contributed by atoms with E-state index in [2.05, 4.69) is 61.9 Å². The molecule has 0 aliphatic carbocycles. The van der Waals surface area contributed by atoms with Crippen LogP contribution in [0.25, 0.3) is 0 Å². The molecule has 9 nitrogen and oxygen atoms in total. The van der Waals surface area contributed by atoms with Gasteiger partial charge in [-0.3, -0.25) is 4.90 Å². The molecule has 5 rings (SSSR count). The normalized spacial score (nSPS) is 17.4. The lowest BCUT2D eigenvalue weighted by atomic mass is 10.2. The summed E-state index contributed by atoms with van der Waals surface area (Å²) in [5.74, 6) is 0.306. The molecule has 0 amide bonds. The van der Waals surface area contributed by atoms with Crippen LogP contribution in [0.15, 0.2) is 53.6 Å². The van der Waals surface area contributed by atoms with E-state index in [1.165, 1.54) is 22.0 Å². The number of halogens is 2. The van der Waals surface area contributed by atoms with E-state index in [1.807, 2.05) is 12.1 Å². The van der Waals surface area contributed by atoms with Gasteiger partial charge in [-0.1, -0.05) is 12.1 Å². The maximum atomic E-state index is 14.2. The van der Waals surface area contributed by atoms with Crippen LogP contribution in [0.1, 0.15) is 18.4 Å². The van der Waals surface area contributed by atoms with Crippen LogP contribution in [-0.2, 0) is 16.6 Å². The number of likely N-dealkylation sites (N-methyl/N-ethyl adjacent to an activating group) is 1. The van der Waals surface area contributed by atoms with Gasteiger partial charge in [0.05, 0.1) is 9.26 Å². The molecule has 2 aliphatic rings. The van der Waals surface area contributed by atoms with Gasteiger partial charge in [0.2, 0.25) is 16.0 Å². The van der Waals surface area contributed by atoms with Crippen LogP contribution < -0.4 is 10.2 Å². The van der Waals surface area contributed by atoms with Crippen molar-refractivity contribution < 1.29 is 12.8 Å². The summed E-state index contributed by atoms with van der Waals surface area (Å²) in [6.07, 6.45) is 3.28. The molecule has 0 bridgehead atoms. The number of aromatic nitrogens is 2. The largest absolute Gasteiger partial charge is 0.327 e. The maximum Gasteiger partial charge on any atom is 0.245 e. The molecule has 3 aromatic rings. The quantitative estimate of drug-likeness (QED) is 0.358. The maximum absolute atomic E-state index is 14.2. The smallest absolute Gasteiger partial charge is 0.245 e. The zero-order valence-corrected chi connectivity index (χ0v) is 25.1. The van der Waals surface area contributed by atoms with Crippen LogP contribution in [0.3, 0.4) is 0 Å². The van der Waals surface area contributed by atoms with Crippen molar-refractivity contribution in [1.82, 2.24) is 24.1 Å². The third-order valence-corrected chi connectivity index (χ3v) is 9.91. The van der Waals surface area contributed by atoms with Crippen molar-refractivity contribution >= 4 is 55.8 Å². The Morgan fingerprint density at radius 2 is 1.72 bits per heavy atom. The van der Waals surface area contributed by atoms with Gasteiger partial charge in [0, 0.05) is 64.7 Å². The highest BCUT2D eigenvalue weighted by Crippen LogP contribution is 2.35. The van der Waals surface area contributed by atoms with Crippen molar-refractivity contribution in [3.8, 4) is 0 Å². The Kier molecular flexibility index (Phi) is 8.66. The molecule has 208 valence electrons. The fraction of sp³-hybridized carbons (Fsp3) is 0.407. The van der Waals surface area contributed by atoms with E-state index in [4.69, 9.17) is 4.98 Å². The zero-order chi connectivity index (χ0) is 27.6. The molecule has 0 atom stereocenters. The van der Waals surface area contributed by atoms with Gasteiger partial charge >= 0.3 is 0 Å². The lowest BCUT2D eigenvalue weighted by Gasteiger charge is -2.32. The number of rotatable bonds is 8. The van der Waals surface area contributed by atoms with Gasteiger partial charge in [-0.25, -0.2) is 17.8 Å². The highest BCUT2D eigenvalue weighted by Gasteiger charge is 2.31. The van der Waals surface area contributed by atoms with Crippen molar-refractivity contribution in [3.63, 3.8) is 0 Å². The summed E-state index contributed by atoms with van der Waals surface area (Å²) in [6.45, 7) is 6.11. The molecule has 2 fully saturated rings. The Balaban J connectivity index is 1.35. The SMILES string of the molecule is CN1CCN(Cc2ccc(Nc3ncc(I)c(N(C)c4ccc(F)cc4S(=O)(=O)N4CCCC4)n3)cc2)CC1. The predicted octanol–water partition coefficient (Wildman–Crippen LogP) is 4.26. The molecule has 12 heteroatoms. The second-order valence-electron chi connectivity index (χ2n) is 10.0. The van der Waals surface area contributed by atoms with Crippen molar-refractivity contribution in [3.05, 3.63) is 63.6 Å². The predicted molar refractivity (Wildman–Crippen MR) is 160 cm³/mol. The monoisotopic (exact) mass is 665 g/mol. The van der Waals surface area contributed by atoms with Gasteiger partial charge < -0.3 is 15.1 Å². The first kappa shape index (κ1) is 28.1. The second kappa shape index (κ2) is 12.0. The van der Waals surface area contributed by atoms with E-state index in [-0.39, 0.29) is 4.90 Å². The average Bonchev–Trinajstić information content (AvgIpc) is 3.48. The molecule has 2 aromatic carbocycles. The van der Waals surface area contributed by atoms with Crippen LogP contribution in [0.2, 0.25) is 0 Å². The molecular weight excluding hydrogens is 632 g/mol. The lowest BCUT2D eigenvalue weighted by Crippen LogP contribution is -2.43. The van der Waals surface area contributed by atoms with Crippen LogP contribution in [0.4, 0.5) is 27.5 Å². The Labute approximate surface area is 243 Å². The fourth-order valence-corrected chi connectivity index (χ4v) is 7.26. The van der Waals surface area contributed by atoms with Gasteiger partial charge in [-0.05, 0) is 78.4 Å². The summed E-state index contributed by atoms with van der Waals surface area (Å²) < 4.78 is 43.2. The highest BCUT2D eigenvalue weighted by atomic mass is 127. The minimum absolute atomic E-state index is 0.0632. The molecule has 2 saturated heterocycles. The number of hydrogen-bond acceptors (Lipinski definition) is 8. The minimum Gasteiger partial charge on any atom is -0.327 e. The number of anilines is 4. The van der Waals surface area contributed by atoms with Crippen LogP contribution >= 0.6 is 22.6 Å². The summed E-state index contributed by atoms with van der Waals surface area (Å²) in [7, 11) is 0.0396. The van der Waals surface area contributed by atoms with Crippen molar-refractivity contribution in [2.24, 2.45) is 0 Å². The van der Waals surface area contributed by atoms with Crippen LogP contribution in [0.5, 0.6) is 0 Å². The molecule has 1 aromatic heterocycles. The Morgan fingerprint density at radius 1 is 1.03 bits per heavy atom. The second-order valence-corrected chi connectivity index (χ2v) is 13.1. The zero-order valence-electron chi connectivity index (χ0n) is 22.1. The van der Waals surface area contributed by atoms with Crippen molar-refractivity contribution in [2.45, 2.75) is 24.3 Å². The van der Waals surface area contributed by atoms with Gasteiger partial charge in [0.25, 0.3) is 0 Å². The van der Waals surface area contributed by atoms with E-state index in [0.29, 0.717) is 30.5 Å².